The number of rotatable bonds is 1. The Bertz CT molecular complexity index is 289. The molecule has 0 amide bonds. The van der Waals surface area contributed by atoms with Crippen LogP contribution in [0.4, 0.5) is 0 Å². The Hall–Kier alpha value is -0.570. The topological polar surface area (TPSA) is 41.6 Å². The van der Waals surface area contributed by atoms with Gasteiger partial charge in [-0.15, -0.1) is 0 Å². The van der Waals surface area contributed by atoms with Crippen molar-refractivity contribution in [2.45, 2.75) is 17.3 Å². The average molecular weight is 261 g/mol. The van der Waals surface area contributed by atoms with Crippen LogP contribution < -0.4 is 0 Å². The van der Waals surface area contributed by atoms with Gasteiger partial charge >= 0.3 is 0 Å². The highest BCUT2D eigenvalue weighted by molar-refractivity contribution is 14.1. The molecule has 58 valence electrons. The molecule has 0 aromatic carbocycles. The van der Waals surface area contributed by atoms with Crippen LogP contribution >= 0.6 is 22.6 Å². The monoisotopic (exact) mass is 261 g/mol. The van der Waals surface area contributed by atoms with E-state index in [1.165, 1.54) is 4.68 Å². The molecular weight excluding hydrogens is 253 g/mol. The number of alkyl halides is 1. The van der Waals surface area contributed by atoms with Gasteiger partial charge in [0.15, 0.2) is 0 Å². The van der Waals surface area contributed by atoms with Crippen molar-refractivity contribution >= 4 is 22.6 Å². The molecule has 0 fully saturated rings. The van der Waals surface area contributed by atoms with Gasteiger partial charge in [-0.1, -0.05) is 22.6 Å². The van der Waals surface area contributed by atoms with Crippen molar-refractivity contribution in [3.05, 3.63) is 18.0 Å². The van der Waals surface area contributed by atoms with Crippen molar-refractivity contribution in [3.8, 4) is 6.19 Å². The lowest BCUT2D eigenvalue weighted by Crippen LogP contribution is -2.12. The van der Waals surface area contributed by atoms with Gasteiger partial charge in [0.05, 0.1) is 15.3 Å². The van der Waals surface area contributed by atoms with E-state index in [0.717, 1.165) is 5.69 Å². The fraction of sp³-hybridized carbons (Fsp3) is 0.429. The molecule has 0 saturated heterocycles. The van der Waals surface area contributed by atoms with Gasteiger partial charge < -0.3 is 0 Å². The van der Waals surface area contributed by atoms with Gasteiger partial charge in [-0.2, -0.15) is 15.0 Å². The van der Waals surface area contributed by atoms with E-state index >= 15 is 0 Å². The highest BCUT2D eigenvalue weighted by Crippen LogP contribution is 2.29. The molecule has 0 aliphatic rings. The largest absolute Gasteiger partial charge is 0.206 e. The third-order valence-corrected chi connectivity index (χ3v) is 1.90. The first-order valence-corrected chi connectivity index (χ1v) is 4.27. The summed E-state index contributed by atoms with van der Waals surface area (Å²) in [7, 11) is 0. The zero-order valence-corrected chi connectivity index (χ0v) is 8.53. The van der Waals surface area contributed by atoms with E-state index in [0.29, 0.717) is 0 Å². The van der Waals surface area contributed by atoms with Crippen LogP contribution in [0.5, 0.6) is 0 Å². The van der Waals surface area contributed by atoms with Gasteiger partial charge in [0.25, 0.3) is 0 Å². The van der Waals surface area contributed by atoms with Crippen molar-refractivity contribution in [1.29, 1.82) is 5.26 Å². The minimum Gasteiger partial charge on any atom is -0.170 e. The summed E-state index contributed by atoms with van der Waals surface area (Å²) < 4.78 is 1.30. The summed E-state index contributed by atoms with van der Waals surface area (Å²) >= 11 is 2.28. The smallest absolute Gasteiger partial charge is 0.170 e. The number of hydrogen-bond donors (Lipinski definition) is 0. The van der Waals surface area contributed by atoms with Crippen LogP contribution in [0.15, 0.2) is 12.3 Å². The second-order valence-corrected chi connectivity index (χ2v) is 5.40. The molecule has 4 heteroatoms. The summed E-state index contributed by atoms with van der Waals surface area (Å²) in [5.41, 5.74) is 0.931. The summed E-state index contributed by atoms with van der Waals surface area (Å²) in [5.74, 6) is 0. The fourth-order valence-electron chi connectivity index (χ4n) is 0.833. The molecule has 0 aliphatic heterocycles. The number of hydrogen-bond acceptors (Lipinski definition) is 2. The van der Waals surface area contributed by atoms with Gasteiger partial charge in [-0.05, 0) is 19.9 Å². The highest BCUT2D eigenvalue weighted by atomic mass is 127. The molecule has 1 rings (SSSR count). The van der Waals surface area contributed by atoms with Crippen LogP contribution in [0.25, 0.3) is 0 Å². The van der Waals surface area contributed by atoms with E-state index in [1.807, 2.05) is 26.1 Å². The van der Waals surface area contributed by atoms with E-state index in [4.69, 9.17) is 5.26 Å². The second-order valence-electron chi connectivity index (χ2n) is 2.70. The Labute approximate surface area is 79.2 Å². The Morgan fingerprint density at radius 2 is 2.36 bits per heavy atom. The maximum atomic E-state index is 8.62. The minimum atomic E-state index is -0.0377. The highest BCUT2D eigenvalue weighted by Gasteiger charge is 2.20. The zero-order chi connectivity index (χ0) is 8.48. The molecule has 11 heavy (non-hydrogen) atoms. The molecule has 0 radical (unpaired) electrons. The predicted molar refractivity (Wildman–Crippen MR) is 50.3 cm³/mol. The summed E-state index contributed by atoms with van der Waals surface area (Å²) in [4.78, 5) is 0. The molecule has 0 bridgehead atoms. The third kappa shape index (κ3) is 1.71. The maximum absolute atomic E-state index is 8.62. The summed E-state index contributed by atoms with van der Waals surface area (Å²) in [5, 5.41) is 12.5. The molecule has 1 heterocycles. The molecule has 0 aliphatic carbocycles. The molecule has 0 N–H and O–H groups in total. The standard InChI is InChI=1S/C7H8IN3/c1-7(2,8)6-3-4-10-11(6)5-9/h3-4H,1-2H3. The maximum Gasteiger partial charge on any atom is 0.206 e. The Morgan fingerprint density at radius 3 is 2.73 bits per heavy atom. The van der Waals surface area contributed by atoms with Crippen molar-refractivity contribution in [3.63, 3.8) is 0 Å². The van der Waals surface area contributed by atoms with E-state index < -0.39 is 0 Å². The SMILES string of the molecule is CC(C)(I)c1ccnn1C#N. The van der Waals surface area contributed by atoms with Crippen LogP contribution in [-0.4, -0.2) is 9.78 Å². The normalized spacial score (nSPS) is 11.1. The van der Waals surface area contributed by atoms with Gasteiger partial charge in [0.2, 0.25) is 6.19 Å². The molecule has 3 nitrogen and oxygen atoms in total. The van der Waals surface area contributed by atoms with Crippen molar-refractivity contribution in [2.24, 2.45) is 0 Å². The van der Waals surface area contributed by atoms with Crippen molar-refractivity contribution in [1.82, 2.24) is 9.78 Å². The third-order valence-electron chi connectivity index (χ3n) is 1.35. The molecule has 1 aromatic rings. The number of halogens is 1. The van der Waals surface area contributed by atoms with Crippen LogP contribution in [0, 0.1) is 11.5 Å². The fourth-order valence-corrected chi connectivity index (χ4v) is 1.24. The van der Waals surface area contributed by atoms with E-state index in [1.54, 1.807) is 6.20 Å². The van der Waals surface area contributed by atoms with Crippen molar-refractivity contribution in [2.75, 3.05) is 0 Å². The second kappa shape index (κ2) is 2.81. The number of nitriles is 1. The minimum absolute atomic E-state index is 0.0377. The van der Waals surface area contributed by atoms with Crippen molar-refractivity contribution < 1.29 is 0 Å². The number of nitrogens with zero attached hydrogens (tertiary/aromatic N) is 3. The Kier molecular flexibility index (Phi) is 2.18. The first-order valence-electron chi connectivity index (χ1n) is 3.19. The van der Waals surface area contributed by atoms with Gasteiger partial charge in [0, 0.05) is 0 Å². The molecular formula is C7H8IN3. The lowest BCUT2D eigenvalue weighted by Gasteiger charge is -2.14. The van der Waals surface area contributed by atoms with E-state index in [-0.39, 0.29) is 3.42 Å². The van der Waals surface area contributed by atoms with Crippen LogP contribution in [-0.2, 0) is 3.42 Å². The average Bonchev–Trinajstić information content (AvgIpc) is 2.31. The molecule has 0 unspecified atom stereocenters. The Morgan fingerprint density at radius 1 is 1.73 bits per heavy atom. The molecule has 1 aromatic heterocycles. The van der Waals surface area contributed by atoms with Gasteiger partial charge in [0.1, 0.15) is 0 Å². The lowest BCUT2D eigenvalue weighted by atomic mass is 10.1. The Balaban J connectivity index is 3.15. The zero-order valence-electron chi connectivity index (χ0n) is 6.37. The van der Waals surface area contributed by atoms with Crippen LogP contribution in [0.3, 0.4) is 0 Å². The first kappa shape index (κ1) is 8.53. The first-order chi connectivity index (χ1) is 5.05. The van der Waals surface area contributed by atoms with Crippen LogP contribution in [0.1, 0.15) is 19.5 Å². The van der Waals surface area contributed by atoms with Gasteiger partial charge in [-0.25, -0.2) is 0 Å². The predicted octanol–water partition coefficient (Wildman–Crippen LogP) is 1.88. The van der Waals surface area contributed by atoms with Crippen LogP contribution in [0.2, 0.25) is 0 Å². The summed E-state index contributed by atoms with van der Waals surface area (Å²) in [6.45, 7) is 4.08. The quantitative estimate of drug-likeness (QED) is 0.572. The number of aromatic nitrogens is 2. The molecule has 0 spiro atoms. The van der Waals surface area contributed by atoms with Gasteiger partial charge in [-0.3, -0.25) is 0 Å². The lowest BCUT2D eigenvalue weighted by molar-refractivity contribution is 0.719. The van der Waals surface area contributed by atoms with E-state index in [9.17, 15) is 0 Å². The summed E-state index contributed by atoms with van der Waals surface area (Å²) in [6.07, 6.45) is 3.62. The molecule has 0 saturated carbocycles. The summed E-state index contributed by atoms with van der Waals surface area (Å²) in [6, 6.07) is 1.86. The molecule has 0 atom stereocenters. The van der Waals surface area contributed by atoms with E-state index in [2.05, 4.69) is 27.7 Å².